The molecule has 0 aliphatic carbocycles. The molecule has 61 valence electrons. The summed E-state index contributed by atoms with van der Waals surface area (Å²) in [7, 11) is 0. The third-order valence-electron chi connectivity index (χ3n) is 0.805. The first-order valence-corrected chi connectivity index (χ1v) is 2.28. The van der Waals surface area contributed by atoms with Crippen LogP contribution in [0.4, 0.5) is 0 Å². The summed E-state index contributed by atoms with van der Waals surface area (Å²) in [5, 5.41) is 32.5. The van der Waals surface area contributed by atoms with E-state index >= 15 is 0 Å². The Balaban J connectivity index is -0.000000405. The van der Waals surface area contributed by atoms with Crippen LogP contribution in [-0.4, -0.2) is 132 Å². The van der Waals surface area contributed by atoms with E-state index in [1.54, 1.807) is 0 Å². The van der Waals surface area contributed by atoms with Crippen molar-refractivity contribution in [1.29, 1.82) is 0 Å². The number of rotatable bonds is 3. The van der Waals surface area contributed by atoms with Gasteiger partial charge in [0.05, 0.1) is 0 Å². The van der Waals surface area contributed by atoms with E-state index in [0.29, 0.717) is 0 Å². The van der Waals surface area contributed by atoms with Crippen molar-refractivity contribution in [3.8, 4) is 0 Å². The van der Waals surface area contributed by atoms with Crippen molar-refractivity contribution < 1.29 is 30.0 Å². The topological polar surface area (TPSA) is 115 Å². The van der Waals surface area contributed by atoms with Gasteiger partial charge in [-0.3, -0.25) is 0 Å². The zero-order valence-electron chi connectivity index (χ0n) is 5.76. The van der Waals surface area contributed by atoms with E-state index in [2.05, 4.69) is 0 Å². The zero-order chi connectivity index (χ0) is 8.31. The summed E-state index contributed by atoms with van der Waals surface area (Å²) < 4.78 is 0. The van der Waals surface area contributed by atoms with Gasteiger partial charge in [-0.15, -0.1) is 0 Å². The standard InChI is InChI=1S/C4H6O6.Na.Rb.H/c5-1(3(7)8)2(6)4(9)10;;;/h1-2,5-6H,(H,7,8)(H,9,10);;;. The largest absolute Gasteiger partial charge is 0 e. The molecule has 0 rings (SSSR count). The summed E-state index contributed by atoms with van der Waals surface area (Å²) in [5.41, 5.74) is 0. The van der Waals surface area contributed by atoms with Crippen molar-refractivity contribution in [1.82, 2.24) is 0 Å². The van der Waals surface area contributed by atoms with Gasteiger partial charge in [0.1, 0.15) is 0 Å². The van der Waals surface area contributed by atoms with Gasteiger partial charge in [-0.1, -0.05) is 0 Å². The van der Waals surface area contributed by atoms with E-state index in [1.807, 2.05) is 0 Å². The van der Waals surface area contributed by atoms with Crippen molar-refractivity contribution in [2.75, 3.05) is 0 Å². The molecule has 0 aromatic carbocycles. The Hall–Kier alpha value is 1.67. The van der Waals surface area contributed by atoms with E-state index in [0.717, 1.165) is 0 Å². The van der Waals surface area contributed by atoms with Crippen molar-refractivity contribution in [2.45, 2.75) is 12.2 Å². The van der Waals surface area contributed by atoms with Crippen LogP contribution in [0.5, 0.6) is 0 Å². The Morgan fingerprint density at radius 3 is 1.17 bits per heavy atom. The smallest absolute Gasteiger partial charge is 0 e. The molecular weight excluding hydrogens is 252 g/mol. The molecule has 0 fully saturated rings. The van der Waals surface area contributed by atoms with Crippen LogP contribution in [0.1, 0.15) is 0 Å². The first kappa shape index (κ1) is 19.3. The van der Waals surface area contributed by atoms with Gasteiger partial charge in [-0.05, 0) is 0 Å². The van der Waals surface area contributed by atoms with E-state index in [-0.39, 0.29) is 87.7 Å². The minimum Gasteiger partial charge on any atom is 0 e. The molecule has 0 aromatic heterocycles. The van der Waals surface area contributed by atoms with E-state index in [4.69, 9.17) is 20.4 Å². The van der Waals surface area contributed by atoms with Crippen LogP contribution in [0.15, 0.2) is 0 Å². The fraction of sp³-hybridized carbons (Fsp3) is 0.500. The van der Waals surface area contributed by atoms with Crippen LogP contribution in [-0.2, 0) is 9.59 Å². The first-order chi connectivity index (χ1) is 4.46. The Bertz CT molecular complexity index is 144. The molecule has 0 bridgehead atoms. The number of carboxylic acid groups (broad SMARTS) is 2. The Morgan fingerprint density at radius 2 is 1.08 bits per heavy atom. The molecule has 0 aromatic rings. The monoisotopic (exact) mass is 259 g/mol. The van der Waals surface area contributed by atoms with Crippen molar-refractivity contribution in [3.63, 3.8) is 0 Å². The Morgan fingerprint density at radius 1 is 0.917 bits per heavy atom. The van der Waals surface area contributed by atoms with Crippen molar-refractivity contribution in [3.05, 3.63) is 0 Å². The fourth-order valence-corrected chi connectivity index (χ4v) is 0.270. The SMILES string of the molecule is O=C(O)C(O)C(O)C(=O)O.[NaH].[Rb]. The molecular formula is C4H7NaO6Rb. The summed E-state index contributed by atoms with van der Waals surface area (Å²) >= 11 is 0. The van der Waals surface area contributed by atoms with Gasteiger partial charge in [-0.2, -0.15) is 0 Å². The Kier molecular flexibility index (Phi) is 14.8. The first-order valence-electron chi connectivity index (χ1n) is 2.28. The average molecular weight is 260 g/mol. The predicted octanol–water partition coefficient (Wildman–Crippen LogP) is -3.15. The minimum absolute atomic E-state index is 0. The molecule has 0 saturated heterocycles. The number of aliphatic carboxylic acids is 2. The maximum atomic E-state index is 9.77. The van der Waals surface area contributed by atoms with Crippen LogP contribution in [0.3, 0.4) is 0 Å². The molecule has 0 spiro atoms. The summed E-state index contributed by atoms with van der Waals surface area (Å²) in [4.78, 5) is 19.5. The summed E-state index contributed by atoms with van der Waals surface area (Å²) in [6, 6.07) is 0. The van der Waals surface area contributed by atoms with Gasteiger partial charge in [0.15, 0.2) is 12.2 Å². The Labute approximate surface area is 139 Å². The molecule has 0 saturated carbocycles. The van der Waals surface area contributed by atoms with Crippen molar-refractivity contribution >= 4 is 99.7 Å². The summed E-state index contributed by atoms with van der Waals surface area (Å²) in [6.45, 7) is 0. The third-order valence-corrected chi connectivity index (χ3v) is 0.805. The molecule has 0 aliphatic rings. The number of hydrogen-bond acceptors (Lipinski definition) is 4. The molecule has 6 nitrogen and oxygen atoms in total. The second-order valence-corrected chi connectivity index (χ2v) is 1.57. The van der Waals surface area contributed by atoms with Gasteiger partial charge >= 0.3 is 41.5 Å². The van der Waals surface area contributed by atoms with Gasteiger partial charge in [0, 0.05) is 58.2 Å². The molecule has 4 N–H and O–H groups in total. The third kappa shape index (κ3) is 7.11. The quantitative estimate of drug-likeness (QED) is 0.398. The molecule has 2 atom stereocenters. The molecule has 12 heavy (non-hydrogen) atoms. The molecule has 0 heterocycles. The number of aliphatic hydroxyl groups excluding tert-OH is 2. The molecule has 8 heteroatoms. The predicted molar refractivity (Wildman–Crippen MR) is 40.2 cm³/mol. The maximum absolute atomic E-state index is 9.77. The van der Waals surface area contributed by atoms with Gasteiger partial charge in [0.2, 0.25) is 0 Å². The maximum Gasteiger partial charge on any atom is 0 e. The van der Waals surface area contributed by atoms with Crippen LogP contribution in [0.25, 0.3) is 0 Å². The van der Waals surface area contributed by atoms with Crippen LogP contribution in [0.2, 0.25) is 0 Å². The number of hydrogen-bond donors (Lipinski definition) is 4. The van der Waals surface area contributed by atoms with Gasteiger partial charge in [-0.25, -0.2) is 9.59 Å². The van der Waals surface area contributed by atoms with E-state index < -0.39 is 24.1 Å². The fourth-order valence-electron chi connectivity index (χ4n) is 0.270. The summed E-state index contributed by atoms with van der Waals surface area (Å²) in [6.07, 6.45) is -4.53. The number of aliphatic hydroxyl groups is 2. The normalized spacial score (nSPS) is 13.2. The van der Waals surface area contributed by atoms with E-state index in [1.165, 1.54) is 0 Å². The number of carbonyl (C=O) groups is 2. The van der Waals surface area contributed by atoms with Crippen LogP contribution in [0, 0.1) is 0 Å². The van der Waals surface area contributed by atoms with Crippen LogP contribution < -0.4 is 0 Å². The number of carboxylic acids is 2. The van der Waals surface area contributed by atoms with Crippen molar-refractivity contribution in [2.24, 2.45) is 0 Å². The molecule has 2 unspecified atom stereocenters. The molecule has 0 aliphatic heterocycles. The van der Waals surface area contributed by atoms with Gasteiger partial charge < -0.3 is 20.4 Å². The van der Waals surface area contributed by atoms with E-state index in [9.17, 15) is 9.59 Å². The zero-order valence-corrected chi connectivity index (χ0v) is 10.7. The van der Waals surface area contributed by atoms with Crippen LogP contribution >= 0.6 is 0 Å². The average Bonchev–Trinajstić information content (AvgIpc) is 1.84. The molecule has 0 amide bonds. The molecule has 1 radical (unpaired) electrons. The summed E-state index contributed by atoms with van der Waals surface area (Å²) in [5.74, 6) is -3.54. The second-order valence-electron chi connectivity index (χ2n) is 1.57. The second kappa shape index (κ2) is 9.23. The minimum atomic E-state index is -2.27. The van der Waals surface area contributed by atoms with Gasteiger partial charge in [0.25, 0.3) is 0 Å².